The van der Waals surface area contributed by atoms with E-state index in [0.717, 1.165) is 42.9 Å². The van der Waals surface area contributed by atoms with Gasteiger partial charge < -0.3 is 15.4 Å². The number of nitrogens with one attached hydrogen (secondary N) is 3. The minimum atomic E-state index is -0.565. The van der Waals surface area contributed by atoms with Gasteiger partial charge in [0.05, 0.1) is 15.2 Å². The van der Waals surface area contributed by atoms with Gasteiger partial charge in [-0.25, -0.2) is 14.2 Å². The van der Waals surface area contributed by atoms with Crippen LogP contribution in [0.5, 0.6) is 5.75 Å². The molecule has 1 atom stereocenters. The van der Waals surface area contributed by atoms with Crippen LogP contribution in [0.25, 0.3) is 10.2 Å². The van der Waals surface area contributed by atoms with Gasteiger partial charge in [0.2, 0.25) is 0 Å². The number of thiazole rings is 1. The summed E-state index contributed by atoms with van der Waals surface area (Å²) in [6, 6.07) is 7.77. The highest BCUT2D eigenvalue weighted by atomic mass is 35.5. The Hall–Kier alpha value is -2.17. The Morgan fingerprint density at radius 1 is 1.30 bits per heavy atom. The molecule has 0 radical (unpaired) electrons. The maximum absolute atomic E-state index is 13.8. The number of hydrogen-bond acceptors (Lipinski definition) is 6. The molecule has 1 saturated heterocycles. The number of nitrogens with zero attached hydrogens (tertiary/aromatic N) is 2. The van der Waals surface area contributed by atoms with Gasteiger partial charge in [0.1, 0.15) is 17.7 Å². The van der Waals surface area contributed by atoms with E-state index in [1.54, 1.807) is 19.1 Å². The highest BCUT2D eigenvalue weighted by Gasteiger charge is 2.19. The first kappa shape index (κ1) is 24.0. The first-order chi connectivity index (χ1) is 15.9. The Morgan fingerprint density at radius 3 is 2.88 bits per heavy atom. The van der Waals surface area contributed by atoms with E-state index in [-0.39, 0.29) is 11.1 Å². The summed E-state index contributed by atoms with van der Waals surface area (Å²) in [5, 5.41) is 9.73. The molecule has 2 aromatic carbocycles. The zero-order valence-corrected chi connectivity index (χ0v) is 20.3. The van der Waals surface area contributed by atoms with E-state index in [0.29, 0.717) is 28.0 Å². The molecule has 7 nitrogen and oxygen atoms in total. The van der Waals surface area contributed by atoms with Crippen molar-refractivity contribution < 1.29 is 13.9 Å². The number of carbonyl (C=O) groups excluding carboxylic acids is 1. The molecule has 11 heteroatoms. The number of anilines is 1. The number of piperazine rings is 1. The van der Waals surface area contributed by atoms with Crippen molar-refractivity contribution in [2.45, 2.75) is 13.0 Å². The Morgan fingerprint density at radius 2 is 2.09 bits per heavy atom. The van der Waals surface area contributed by atoms with Gasteiger partial charge in [-0.1, -0.05) is 34.5 Å². The molecule has 1 aliphatic rings. The van der Waals surface area contributed by atoms with Gasteiger partial charge in [0, 0.05) is 49.9 Å². The molecule has 0 spiro atoms. The van der Waals surface area contributed by atoms with Gasteiger partial charge in [-0.15, -0.1) is 0 Å². The highest BCUT2D eigenvalue weighted by Crippen LogP contribution is 2.36. The van der Waals surface area contributed by atoms with Gasteiger partial charge in [-0.2, -0.15) is 0 Å². The van der Waals surface area contributed by atoms with Crippen molar-refractivity contribution in [3.05, 3.63) is 51.8 Å². The molecule has 176 valence electrons. The molecule has 1 fully saturated rings. The second-order valence-electron chi connectivity index (χ2n) is 7.64. The second-order valence-corrected chi connectivity index (χ2v) is 9.45. The first-order valence-corrected chi connectivity index (χ1v) is 12.2. The Kier molecular flexibility index (Phi) is 7.87. The van der Waals surface area contributed by atoms with Gasteiger partial charge in [-0.3, -0.25) is 10.2 Å². The molecule has 1 unspecified atom stereocenters. The van der Waals surface area contributed by atoms with E-state index >= 15 is 0 Å². The molecular formula is C22H24Cl2FN5O2S. The van der Waals surface area contributed by atoms with Gasteiger partial charge in [0.25, 0.3) is 0 Å². The summed E-state index contributed by atoms with van der Waals surface area (Å²) in [6.07, 6.45) is -0.565. The largest absolute Gasteiger partial charge is 0.486 e. The first-order valence-electron chi connectivity index (χ1n) is 10.6. The number of fused-ring (bicyclic) bond motifs is 1. The van der Waals surface area contributed by atoms with E-state index in [1.165, 1.54) is 23.5 Å². The lowest BCUT2D eigenvalue weighted by atomic mass is 10.1. The molecule has 0 bridgehead atoms. The molecule has 3 aromatic rings. The smallest absolute Gasteiger partial charge is 0.321 e. The third kappa shape index (κ3) is 6.04. The molecule has 2 amide bonds. The van der Waals surface area contributed by atoms with Crippen molar-refractivity contribution >= 4 is 55.9 Å². The van der Waals surface area contributed by atoms with Crippen LogP contribution >= 0.6 is 34.5 Å². The van der Waals surface area contributed by atoms with Crippen molar-refractivity contribution in [1.29, 1.82) is 0 Å². The monoisotopic (exact) mass is 511 g/mol. The number of rotatable bonds is 7. The predicted molar refractivity (Wildman–Crippen MR) is 131 cm³/mol. The van der Waals surface area contributed by atoms with Crippen LogP contribution in [-0.2, 0) is 0 Å². The predicted octanol–water partition coefficient (Wildman–Crippen LogP) is 4.91. The molecule has 4 rings (SSSR count). The summed E-state index contributed by atoms with van der Waals surface area (Å²) < 4.78 is 20.6. The number of halogens is 3. The van der Waals surface area contributed by atoms with Crippen LogP contribution in [0, 0.1) is 5.82 Å². The molecule has 0 aliphatic carbocycles. The number of ether oxygens (including phenoxy) is 1. The van der Waals surface area contributed by atoms with Crippen molar-refractivity contribution in [1.82, 2.24) is 20.5 Å². The third-order valence-corrected chi connectivity index (χ3v) is 6.95. The number of benzene rings is 2. The number of urea groups is 1. The summed E-state index contributed by atoms with van der Waals surface area (Å²) in [4.78, 5) is 19.0. The van der Waals surface area contributed by atoms with Gasteiger partial charge >= 0.3 is 6.03 Å². The summed E-state index contributed by atoms with van der Waals surface area (Å²) in [5.41, 5.74) is 1.13. The maximum atomic E-state index is 13.8. The summed E-state index contributed by atoms with van der Waals surface area (Å²) in [7, 11) is 0. The van der Waals surface area contributed by atoms with E-state index in [4.69, 9.17) is 27.9 Å². The van der Waals surface area contributed by atoms with Crippen molar-refractivity contribution in [3.63, 3.8) is 0 Å². The lowest BCUT2D eigenvalue weighted by Gasteiger charge is -2.27. The van der Waals surface area contributed by atoms with E-state index in [1.807, 2.05) is 6.07 Å². The van der Waals surface area contributed by atoms with Crippen molar-refractivity contribution in [3.8, 4) is 5.75 Å². The lowest BCUT2D eigenvalue weighted by Crippen LogP contribution is -2.46. The van der Waals surface area contributed by atoms with E-state index in [9.17, 15) is 9.18 Å². The minimum absolute atomic E-state index is 0.0525. The van der Waals surface area contributed by atoms with Gasteiger partial charge in [-0.05, 0) is 37.3 Å². The maximum Gasteiger partial charge on any atom is 0.321 e. The molecule has 2 heterocycles. The standard InChI is InChI=1S/C22H24Cl2FN5O2S/c1-13(19-15(23)3-4-16(25)20(19)24)32-14-2-5-17-18(12-14)33-22(28-17)29-21(31)27-8-11-30-9-6-26-7-10-30/h2-5,12-13,26H,6-11H2,1H3,(H2,27,28,29,31). The molecular weight excluding hydrogens is 488 g/mol. The average molecular weight is 512 g/mol. The van der Waals surface area contributed by atoms with Crippen LogP contribution in [0.1, 0.15) is 18.6 Å². The summed E-state index contributed by atoms with van der Waals surface area (Å²) >= 11 is 13.6. The Bertz CT molecular complexity index is 1140. The van der Waals surface area contributed by atoms with Crippen LogP contribution in [0.15, 0.2) is 30.3 Å². The van der Waals surface area contributed by atoms with Crippen LogP contribution in [0.4, 0.5) is 14.3 Å². The quantitative estimate of drug-likeness (QED) is 0.393. The van der Waals surface area contributed by atoms with Crippen molar-refractivity contribution in [2.24, 2.45) is 0 Å². The summed E-state index contributed by atoms with van der Waals surface area (Å²) in [6.45, 7) is 7.06. The zero-order chi connectivity index (χ0) is 23.4. The Labute approximate surface area is 205 Å². The minimum Gasteiger partial charge on any atom is -0.486 e. The average Bonchev–Trinajstić information content (AvgIpc) is 3.18. The zero-order valence-electron chi connectivity index (χ0n) is 18.0. The summed E-state index contributed by atoms with van der Waals surface area (Å²) in [5.74, 6) is 0.00780. The fourth-order valence-electron chi connectivity index (χ4n) is 3.61. The van der Waals surface area contributed by atoms with E-state index in [2.05, 4.69) is 25.8 Å². The number of amides is 2. The number of carbonyl (C=O) groups is 1. The Balaban J connectivity index is 1.36. The molecule has 33 heavy (non-hydrogen) atoms. The van der Waals surface area contributed by atoms with Crippen LogP contribution < -0.4 is 20.7 Å². The topological polar surface area (TPSA) is 78.5 Å². The lowest BCUT2D eigenvalue weighted by molar-refractivity contribution is 0.227. The fourth-order valence-corrected chi connectivity index (χ4v) is 5.18. The molecule has 1 aromatic heterocycles. The van der Waals surface area contributed by atoms with Crippen LogP contribution in [-0.4, -0.2) is 55.2 Å². The van der Waals surface area contributed by atoms with Crippen LogP contribution in [0.2, 0.25) is 10.0 Å². The molecule has 0 saturated carbocycles. The molecule has 3 N–H and O–H groups in total. The fraction of sp³-hybridized carbons (Fsp3) is 0.364. The third-order valence-electron chi connectivity index (χ3n) is 5.30. The normalized spacial score (nSPS) is 15.4. The van der Waals surface area contributed by atoms with Gasteiger partial charge in [0.15, 0.2) is 5.13 Å². The number of aromatic nitrogens is 1. The highest BCUT2D eigenvalue weighted by molar-refractivity contribution is 7.22. The van der Waals surface area contributed by atoms with Crippen molar-refractivity contribution in [2.75, 3.05) is 44.6 Å². The second kappa shape index (κ2) is 10.8. The van der Waals surface area contributed by atoms with E-state index < -0.39 is 11.9 Å². The van der Waals surface area contributed by atoms with Crippen LogP contribution in [0.3, 0.4) is 0 Å². The SMILES string of the molecule is CC(Oc1ccc2nc(NC(=O)NCCN3CCNCC3)sc2c1)c1c(Cl)ccc(F)c1Cl. The number of hydrogen-bond donors (Lipinski definition) is 3. The molecule has 1 aliphatic heterocycles.